The molecule has 0 aliphatic carbocycles. The van der Waals surface area contributed by atoms with Crippen LogP contribution in [-0.2, 0) is 4.74 Å². The Morgan fingerprint density at radius 2 is 2.32 bits per heavy atom. The summed E-state index contributed by atoms with van der Waals surface area (Å²) in [7, 11) is 0. The van der Waals surface area contributed by atoms with E-state index >= 15 is 0 Å². The van der Waals surface area contributed by atoms with Gasteiger partial charge in [-0.15, -0.1) is 0 Å². The standard InChI is InChI=1S/C11H16N6O2/c1-5-6(12)2-7(18)11(19-5)17-10-8-9(14-3-13-8)15-4-16-10/h3-7,11,18H,2,12H2,1H3,(H2,13,14,15,16,17)/t5-,6+,7+,11-/m0/s1. The number of H-pyrrole nitrogens is 1. The van der Waals surface area contributed by atoms with E-state index in [4.69, 9.17) is 10.5 Å². The van der Waals surface area contributed by atoms with Crippen LogP contribution in [-0.4, -0.2) is 49.5 Å². The van der Waals surface area contributed by atoms with E-state index in [0.29, 0.717) is 23.4 Å². The third kappa shape index (κ3) is 2.25. The average molecular weight is 264 g/mol. The van der Waals surface area contributed by atoms with Crippen molar-refractivity contribution < 1.29 is 9.84 Å². The quantitative estimate of drug-likeness (QED) is 0.581. The van der Waals surface area contributed by atoms with E-state index in [1.54, 1.807) is 6.33 Å². The van der Waals surface area contributed by atoms with Crippen molar-refractivity contribution >= 4 is 17.0 Å². The smallest absolute Gasteiger partial charge is 0.182 e. The van der Waals surface area contributed by atoms with Gasteiger partial charge in [0.25, 0.3) is 0 Å². The molecule has 0 bridgehead atoms. The number of aromatic amines is 1. The van der Waals surface area contributed by atoms with Gasteiger partial charge >= 0.3 is 0 Å². The minimum atomic E-state index is -0.681. The molecule has 0 spiro atoms. The third-order valence-corrected chi connectivity index (χ3v) is 3.33. The molecule has 5 N–H and O–H groups in total. The Labute approximate surface area is 109 Å². The maximum absolute atomic E-state index is 10.0. The predicted molar refractivity (Wildman–Crippen MR) is 68.2 cm³/mol. The molecule has 0 amide bonds. The first kappa shape index (κ1) is 12.3. The highest BCUT2D eigenvalue weighted by Gasteiger charge is 2.33. The molecule has 0 saturated carbocycles. The molecule has 1 fully saturated rings. The molecule has 8 heteroatoms. The van der Waals surface area contributed by atoms with Crippen molar-refractivity contribution in [3.8, 4) is 0 Å². The van der Waals surface area contributed by atoms with Crippen LogP contribution >= 0.6 is 0 Å². The summed E-state index contributed by atoms with van der Waals surface area (Å²) in [6.07, 6.45) is 2.09. The molecular weight excluding hydrogens is 248 g/mol. The van der Waals surface area contributed by atoms with Crippen LogP contribution in [0.25, 0.3) is 11.2 Å². The second-order valence-electron chi connectivity index (χ2n) is 4.70. The zero-order valence-electron chi connectivity index (χ0n) is 10.4. The SMILES string of the molecule is C[C@@H]1O[C@H](Nc2ncnc3nc[nH]c23)[C@H](O)C[C@H]1N. The average Bonchev–Trinajstić information content (AvgIpc) is 2.85. The molecule has 2 aromatic rings. The Morgan fingerprint density at radius 3 is 3.16 bits per heavy atom. The van der Waals surface area contributed by atoms with E-state index in [1.165, 1.54) is 6.33 Å². The first-order valence-electron chi connectivity index (χ1n) is 6.15. The summed E-state index contributed by atoms with van der Waals surface area (Å²) in [6, 6.07) is -0.161. The minimum absolute atomic E-state index is 0.125. The van der Waals surface area contributed by atoms with Crippen molar-refractivity contribution in [3.05, 3.63) is 12.7 Å². The summed E-state index contributed by atoms with van der Waals surface area (Å²) in [5.74, 6) is 0.550. The lowest BCUT2D eigenvalue weighted by Gasteiger charge is -2.36. The highest BCUT2D eigenvalue weighted by atomic mass is 16.5. The molecule has 4 atom stereocenters. The number of nitrogens with two attached hydrogens (primary N) is 1. The number of aliphatic hydroxyl groups is 1. The van der Waals surface area contributed by atoms with E-state index in [2.05, 4.69) is 25.3 Å². The van der Waals surface area contributed by atoms with Gasteiger partial charge < -0.3 is 25.9 Å². The molecule has 0 radical (unpaired) electrons. The van der Waals surface area contributed by atoms with Gasteiger partial charge in [0.05, 0.1) is 12.4 Å². The lowest BCUT2D eigenvalue weighted by molar-refractivity contribution is -0.106. The maximum atomic E-state index is 10.0. The number of aliphatic hydroxyl groups excluding tert-OH is 1. The van der Waals surface area contributed by atoms with E-state index in [0.717, 1.165) is 0 Å². The molecule has 19 heavy (non-hydrogen) atoms. The largest absolute Gasteiger partial charge is 0.388 e. The fourth-order valence-corrected chi connectivity index (χ4v) is 2.16. The Kier molecular flexibility index (Phi) is 3.05. The first-order chi connectivity index (χ1) is 9.15. The zero-order valence-corrected chi connectivity index (χ0v) is 10.4. The molecular formula is C11H16N6O2. The van der Waals surface area contributed by atoms with Gasteiger partial charge in [-0.3, -0.25) is 0 Å². The van der Waals surface area contributed by atoms with Crippen LogP contribution < -0.4 is 11.1 Å². The molecule has 102 valence electrons. The van der Waals surface area contributed by atoms with E-state index in [-0.39, 0.29) is 12.1 Å². The van der Waals surface area contributed by atoms with Crippen molar-refractivity contribution in [3.63, 3.8) is 0 Å². The number of nitrogens with one attached hydrogen (secondary N) is 2. The van der Waals surface area contributed by atoms with Crippen molar-refractivity contribution in [2.24, 2.45) is 5.73 Å². The van der Waals surface area contributed by atoms with Crippen LogP contribution in [0.5, 0.6) is 0 Å². The number of fused-ring (bicyclic) bond motifs is 1. The fourth-order valence-electron chi connectivity index (χ4n) is 2.16. The second-order valence-corrected chi connectivity index (χ2v) is 4.70. The molecule has 3 rings (SSSR count). The van der Waals surface area contributed by atoms with Crippen LogP contribution in [0.2, 0.25) is 0 Å². The first-order valence-corrected chi connectivity index (χ1v) is 6.15. The van der Waals surface area contributed by atoms with E-state index < -0.39 is 12.3 Å². The van der Waals surface area contributed by atoms with Crippen molar-refractivity contribution in [1.82, 2.24) is 19.9 Å². The molecule has 1 aliphatic heterocycles. The topological polar surface area (TPSA) is 122 Å². The number of hydrogen-bond donors (Lipinski definition) is 4. The van der Waals surface area contributed by atoms with Crippen LogP contribution in [0.3, 0.4) is 0 Å². The van der Waals surface area contributed by atoms with E-state index in [1.807, 2.05) is 6.92 Å². The highest BCUT2D eigenvalue weighted by Crippen LogP contribution is 2.22. The zero-order chi connectivity index (χ0) is 13.4. The van der Waals surface area contributed by atoms with Gasteiger partial charge in [0.15, 0.2) is 17.7 Å². The van der Waals surface area contributed by atoms with Gasteiger partial charge in [-0.2, -0.15) is 0 Å². The lowest BCUT2D eigenvalue weighted by Crippen LogP contribution is -2.52. The van der Waals surface area contributed by atoms with Gasteiger partial charge in [-0.05, 0) is 13.3 Å². The number of aromatic nitrogens is 4. The monoisotopic (exact) mass is 264 g/mol. The van der Waals surface area contributed by atoms with Crippen molar-refractivity contribution in [2.45, 2.75) is 37.8 Å². The van der Waals surface area contributed by atoms with Crippen LogP contribution in [0.1, 0.15) is 13.3 Å². The molecule has 1 saturated heterocycles. The lowest BCUT2D eigenvalue weighted by atomic mass is 10.0. The minimum Gasteiger partial charge on any atom is -0.388 e. The Bertz CT molecular complexity index is 573. The van der Waals surface area contributed by atoms with Crippen LogP contribution in [0.15, 0.2) is 12.7 Å². The van der Waals surface area contributed by atoms with Crippen molar-refractivity contribution in [2.75, 3.05) is 5.32 Å². The van der Waals surface area contributed by atoms with Crippen LogP contribution in [0.4, 0.5) is 5.82 Å². The number of rotatable bonds is 2. The van der Waals surface area contributed by atoms with Gasteiger partial charge in [-0.25, -0.2) is 15.0 Å². The third-order valence-electron chi connectivity index (χ3n) is 3.33. The summed E-state index contributed by atoms with van der Waals surface area (Å²) in [5.41, 5.74) is 7.09. The summed E-state index contributed by atoms with van der Waals surface area (Å²) >= 11 is 0. The Hall–Kier alpha value is -1.77. The summed E-state index contributed by atoms with van der Waals surface area (Å²) in [6.45, 7) is 1.89. The number of anilines is 1. The van der Waals surface area contributed by atoms with Gasteiger partial charge in [0.2, 0.25) is 0 Å². The molecule has 0 aromatic carbocycles. The van der Waals surface area contributed by atoms with Gasteiger partial charge in [-0.1, -0.05) is 0 Å². The molecule has 8 nitrogen and oxygen atoms in total. The number of nitrogens with zero attached hydrogens (tertiary/aromatic N) is 3. The second kappa shape index (κ2) is 4.72. The van der Waals surface area contributed by atoms with Gasteiger partial charge in [0, 0.05) is 6.04 Å². The summed E-state index contributed by atoms with van der Waals surface area (Å²) in [5, 5.41) is 13.1. The van der Waals surface area contributed by atoms with Crippen LogP contribution in [0, 0.1) is 0 Å². The summed E-state index contributed by atoms with van der Waals surface area (Å²) < 4.78 is 5.66. The maximum Gasteiger partial charge on any atom is 0.182 e. The molecule has 1 aliphatic rings. The number of hydrogen-bond acceptors (Lipinski definition) is 7. The summed E-state index contributed by atoms with van der Waals surface area (Å²) in [4.78, 5) is 15.2. The Morgan fingerprint density at radius 1 is 1.47 bits per heavy atom. The highest BCUT2D eigenvalue weighted by molar-refractivity contribution is 5.81. The predicted octanol–water partition coefficient (Wildman–Crippen LogP) is -0.412. The fraction of sp³-hybridized carbons (Fsp3) is 0.545. The van der Waals surface area contributed by atoms with Crippen molar-refractivity contribution in [1.29, 1.82) is 0 Å². The molecule has 3 heterocycles. The number of ether oxygens (including phenoxy) is 1. The van der Waals surface area contributed by atoms with Gasteiger partial charge in [0.1, 0.15) is 17.9 Å². The molecule has 2 aromatic heterocycles. The normalized spacial score (nSPS) is 31.5. The van der Waals surface area contributed by atoms with E-state index in [9.17, 15) is 5.11 Å². The molecule has 0 unspecified atom stereocenters. The Balaban J connectivity index is 1.83. The number of imidazole rings is 1.